The van der Waals surface area contributed by atoms with Gasteiger partial charge in [-0.05, 0) is 42.3 Å². The van der Waals surface area contributed by atoms with E-state index in [9.17, 15) is 9.18 Å². The molecule has 25 heavy (non-hydrogen) atoms. The fourth-order valence-electron chi connectivity index (χ4n) is 2.11. The Hall–Kier alpha value is -2.37. The fraction of sp³-hybridized carbons (Fsp3) is 0.211. The van der Waals surface area contributed by atoms with Crippen LogP contribution in [0.25, 0.3) is 0 Å². The van der Waals surface area contributed by atoms with Crippen molar-refractivity contribution in [1.29, 1.82) is 0 Å². The van der Waals surface area contributed by atoms with Crippen molar-refractivity contribution in [3.63, 3.8) is 0 Å². The molecular formula is C19H22ClFN2O2. The number of rotatable bonds is 8. The van der Waals surface area contributed by atoms with Crippen LogP contribution in [0.1, 0.15) is 15.9 Å². The maximum absolute atomic E-state index is 13.2. The van der Waals surface area contributed by atoms with E-state index in [1.807, 2.05) is 30.3 Å². The first-order chi connectivity index (χ1) is 11.7. The van der Waals surface area contributed by atoms with Crippen molar-refractivity contribution in [2.24, 2.45) is 5.73 Å². The number of hydrogen-bond donors (Lipinski definition) is 2. The van der Waals surface area contributed by atoms with Gasteiger partial charge in [0.15, 0.2) is 0 Å². The Morgan fingerprint density at radius 1 is 1.12 bits per heavy atom. The van der Waals surface area contributed by atoms with E-state index in [1.54, 1.807) is 24.3 Å². The zero-order valence-electron chi connectivity index (χ0n) is 13.8. The minimum atomic E-state index is -0.416. The molecule has 2 aromatic carbocycles. The van der Waals surface area contributed by atoms with Gasteiger partial charge in [-0.2, -0.15) is 0 Å². The summed E-state index contributed by atoms with van der Waals surface area (Å²) in [6.07, 6.45) is 2.04. The van der Waals surface area contributed by atoms with Crippen LogP contribution in [0.4, 0.5) is 4.39 Å². The molecule has 0 aliphatic rings. The van der Waals surface area contributed by atoms with E-state index in [-0.39, 0.29) is 31.5 Å². The number of amides is 1. The molecule has 134 valence electrons. The first kappa shape index (κ1) is 20.7. The lowest BCUT2D eigenvalue weighted by molar-refractivity contribution is 0.0954. The van der Waals surface area contributed by atoms with Crippen molar-refractivity contribution in [3.05, 3.63) is 77.6 Å². The molecule has 2 rings (SSSR count). The topological polar surface area (TPSA) is 64.3 Å². The Labute approximate surface area is 153 Å². The zero-order valence-corrected chi connectivity index (χ0v) is 14.6. The molecule has 4 nitrogen and oxygen atoms in total. The summed E-state index contributed by atoms with van der Waals surface area (Å²) in [5.74, 6) is -0.0664. The standard InChI is InChI=1S/C19H21FN2O2.ClH/c20-17(10-12-21)14-24-18-8-6-16(7-9-18)19(23)22-13-11-15-4-2-1-3-5-15;/h1-10H,11-14,21H2,(H,22,23);1H. The molecule has 0 atom stereocenters. The summed E-state index contributed by atoms with van der Waals surface area (Å²) in [5, 5.41) is 2.87. The van der Waals surface area contributed by atoms with Crippen LogP contribution in [0.3, 0.4) is 0 Å². The highest BCUT2D eigenvalue weighted by atomic mass is 35.5. The summed E-state index contributed by atoms with van der Waals surface area (Å²) in [5.41, 5.74) is 6.92. The quantitative estimate of drug-likeness (QED) is 0.755. The Morgan fingerprint density at radius 2 is 1.80 bits per heavy atom. The second-order valence-corrected chi connectivity index (χ2v) is 5.19. The summed E-state index contributed by atoms with van der Waals surface area (Å²) in [4.78, 5) is 12.1. The molecular weight excluding hydrogens is 343 g/mol. The first-order valence-electron chi connectivity index (χ1n) is 7.78. The SMILES string of the molecule is Cl.NCC=C(F)COc1ccc(C(=O)NCCc2ccccc2)cc1. The van der Waals surface area contributed by atoms with Crippen LogP contribution < -0.4 is 15.8 Å². The molecule has 2 aromatic rings. The number of hydrogen-bond acceptors (Lipinski definition) is 3. The largest absolute Gasteiger partial charge is 0.487 e. The Kier molecular flexibility index (Phi) is 9.29. The zero-order chi connectivity index (χ0) is 17.2. The average molecular weight is 365 g/mol. The molecule has 0 bridgehead atoms. The van der Waals surface area contributed by atoms with Crippen LogP contribution in [-0.2, 0) is 6.42 Å². The highest BCUT2D eigenvalue weighted by Gasteiger charge is 2.05. The van der Waals surface area contributed by atoms with E-state index in [1.165, 1.54) is 11.6 Å². The molecule has 0 saturated carbocycles. The van der Waals surface area contributed by atoms with Crippen LogP contribution in [-0.4, -0.2) is 25.6 Å². The van der Waals surface area contributed by atoms with Crippen molar-refractivity contribution >= 4 is 18.3 Å². The van der Waals surface area contributed by atoms with Crippen LogP contribution in [0.15, 0.2) is 66.5 Å². The molecule has 0 unspecified atom stereocenters. The second kappa shape index (κ2) is 11.2. The van der Waals surface area contributed by atoms with E-state index >= 15 is 0 Å². The van der Waals surface area contributed by atoms with Crippen LogP contribution in [0.2, 0.25) is 0 Å². The molecule has 0 spiro atoms. The van der Waals surface area contributed by atoms with E-state index in [0.717, 1.165) is 6.42 Å². The van der Waals surface area contributed by atoms with Crippen molar-refractivity contribution in [2.45, 2.75) is 6.42 Å². The minimum absolute atomic E-state index is 0. The number of ether oxygens (including phenoxy) is 1. The van der Waals surface area contributed by atoms with Crippen LogP contribution in [0, 0.1) is 0 Å². The van der Waals surface area contributed by atoms with Gasteiger partial charge in [-0.15, -0.1) is 12.4 Å². The molecule has 6 heteroatoms. The highest BCUT2D eigenvalue weighted by molar-refractivity contribution is 5.94. The van der Waals surface area contributed by atoms with Gasteiger partial charge in [-0.1, -0.05) is 30.3 Å². The number of benzene rings is 2. The lowest BCUT2D eigenvalue weighted by atomic mass is 10.1. The van der Waals surface area contributed by atoms with Gasteiger partial charge in [0.1, 0.15) is 18.2 Å². The summed E-state index contributed by atoms with van der Waals surface area (Å²) < 4.78 is 18.4. The van der Waals surface area contributed by atoms with Gasteiger partial charge in [0.05, 0.1) is 0 Å². The molecule has 1 amide bonds. The van der Waals surface area contributed by atoms with Gasteiger partial charge >= 0.3 is 0 Å². The molecule has 0 aliphatic carbocycles. The maximum Gasteiger partial charge on any atom is 0.251 e. The number of nitrogens with one attached hydrogen (secondary N) is 1. The third-order valence-corrected chi connectivity index (χ3v) is 3.37. The number of carbonyl (C=O) groups is 1. The third kappa shape index (κ3) is 7.37. The molecule has 0 radical (unpaired) electrons. The van der Waals surface area contributed by atoms with E-state index in [2.05, 4.69) is 5.32 Å². The van der Waals surface area contributed by atoms with Crippen LogP contribution >= 0.6 is 12.4 Å². The van der Waals surface area contributed by atoms with Crippen LogP contribution in [0.5, 0.6) is 5.75 Å². The second-order valence-electron chi connectivity index (χ2n) is 5.19. The Bertz CT molecular complexity index is 676. The summed E-state index contributed by atoms with van der Waals surface area (Å²) in [6.45, 7) is 0.535. The Balaban J connectivity index is 0.00000312. The van der Waals surface area contributed by atoms with E-state index < -0.39 is 5.83 Å². The van der Waals surface area contributed by atoms with Crippen molar-refractivity contribution in [1.82, 2.24) is 5.32 Å². The molecule has 0 fully saturated rings. The first-order valence-corrected chi connectivity index (χ1v) is 7.78. The molecule has 3 N–H and O–H groups in total. The number of nitrogens with two attached hydrogens (primary N) is 1. The normalized spacial score (nSPS) is 10.7. The van der Waals surface area contributed by atoms with Crippen molar-refractivity contribution in [3.8, 4) is 5.75 Å². The lowest BCUT2D eigenvalue weighted by Gasteiger charge is -2.07. The van der Waals surface area contributed by atoms with Gasteiger partial charge in [-0.25, -0.2) is 4.39 Å². The molecule has 0 heterocycles. The van der Waals surface area contributed by atoms with Gasteiger partial charge in [0.25, 0.3) is 5.91 Å². The molecule has 0 saturated heterocycles. The maximum atomic E-state index is 13.2. The number of halogens is 2. The van der Waals surface area contributed by atoms with E-state index in [4.69, 9.17) is 10.5 Å². The third-order valence-electron chi connectivity index (χ3n) is 3.37. The smallest absolute Gasteiger partial charge is 0.251 e. The van der Waals surface area contributed by atoms with Gasteiger partial charge in [0, 0.05) is 18.7 Å². The number of carbonyl (C=O) groups excluding carboxylic acids is 1. The summed E-state index contributed by atoms with van der Waals surface area (Å²) in [7, 11) is 0. The summed E-state index contributed by atoms with van der Waals surface area (Å²) >= 11 is 0. The van der Waals surface area contributed by atoms with E-state index in [0.29, 0.717) is 17.9 Å². The Morgan fingerprint density at radius 3 is 2.44 bits per heavy atom. The predicted molar refractivity (Wildman–Crippen MR) is 99.9 cm³/mol. The van der Waals surface area contributed by atoms with Gasteiger partial charge < -0.3 is 15.8 Å². The van der Waals surface area contributed by atoms with Gasteiger partial charge in [0.2, 0.25) is 0 Å². The fourth-order valence-corrected chi connectivity index (χ4v) is 2.11. The monoisotopic (exact) mass is 364 g/mol. The van der Waals surface area contributed by atoms with Crippen molar-refractivity contribution < 1.29 is 13.9 Å². The predicted octanol–water partition coefficient (Wildman–Crippen LogP) is 3.27. The summed E-state index contributed by atoms with van der Waals surface area (Å²) in [6, 6.07) is 16.5. The highest BCUT2D eigenvalue weighted by Crippen LogP contribution is 2.13. The van der Waals surface area contributed by atoms with Gasteiger partial charge in [-0.3, -0.25) is 4.79 Å². The average Bonchev–Trinajstić information content (AvgIpc) is 2.61. The van der Waals surface area contributed by atoms with Crippen molar-refractivity contribution in [2.75, 3.05) is 19.7 Å². The minimum Gasteiger partial charge on any atom is -0.487 e. The molecule has 0 aliphatic heterocycles. The molecule has 0 aromatic heterocycles. The lowest BCUT2D eigenvalue weighted by Crippen LogP contribution is -2.25.